The normalized spacial score (nSPS) is 16.4. The minimum absolute atomic E-state index is 0.0777. The number of thioether (sulfide) groups is 1. The molecular weight excluding hydrogens is 397 g/mol. The highest BCUT2D eigenvalue weighted by atomic mass is 35.5. The first-order valence-electron chi connectivity index (χ1n) is 8.76. The van der Waals surface area contributed by atoms with Crippen LogP contribution in [0.1, 0.15) is 16.5 Å². The highest BCUT2D eigenvalue weighted by Gasteiger charge is 2.33. The van der Waals surface area contributed by atoms with Crippen molar-refractivity contribution in [1.29, 1.82) is 0 Å². The fourth-order valence-electron chi connectivity index (χ4n) is 3.03. The summed E-state index contributed by atoms with van der Waals surface area (Å²) >= 11 is 7.56. The Kier molecular flexibility index (Phi) is 5.55. The Morgan fingerprint density at radius 3 is 2.36 bits per heavy atom. The number of carbonyl (C=O) groups is 1. The van der Waals surface area contributed by atoms with Crippen molar-refractivity contribution in [3.05, 3.63) is 94.8 Å². The van der Waals surface area contributed by atoms with Crippen molar-refractivity contribution in [2.45, 2.75) is 12.0 Å². The third kappa shape index (κ3) is 4.16. The van der Waals surface area contributed by atoms with Crippen LogP contribution < -0.4 is 9.64 Å². The Labute approximate surface area is 172 Å². The molecule has 1 heterocycles. The standard InChI is InChI=1S/C22H17ClFNO2S/c23-17-5-9-19(10-6-17)25-21(26)14-28-22(25)16-3-11-20(12-4-16)27-13-15-1-7-18(24)8-2-15/h1-12,22H,13-14H2/t22-/m1/s1. The Balaban J connectivity index is 1.47. The molecule has 0 saturated carbocycles. The highest BCUT2D eigenvalue weighted by molar-refractivity contribution is 8.00. The molecule has 3 nitrogen and oxygen atoms in total. The quantitative estimate of drug-likeness (QED) is 0.526. The van der Waals surface area contributed by atoms with Crippen molar-refractivity contribution >= 4 is 35.0 Å². The summed E-state index contributed by atoms with van der Waals surface area (Å²) in [6.45, 7) is 0.368. The van der Waals surface area contributed by atoms with Gasteiger partial charge in [0.15, 0.2) is 0 Å². The van der Waals surface area contributed by atoms with Gasteiger partial charge in [0.2, 0.25) is 5.91 Å². The SMILES string of the molecule is O=C1CS[C@H](c2ccc(OCc3ccc(F)cc3)cc2)N1c1ccc(Cl)cc1. The van der Waals surface area contributed by atoms with Crippen LogP contribution in [0, 0.1) is 5.82 Å². The molecule has 0 aliphatic carbocycles. The fraction of sp³-hybridized carbons (Fsp3) is 0.136. The number of amides is 1. The first kappa shape index (κ1) is 18.8. The van der Waals surface area contributed by atoms with Gasteiger partial charge in [-0.15, -0.1) is 11.8 Å². The van der Waals surface area contributed by atoms with Gasteiger partial charge in [0, 0.05) is 10.7 Å². The molecule has 0 unspecified atom stereocenters. The predicted molar refractivity (Wildman–Crippen MR) is 111 cm³/mol. The van der Waals surface area contributed by atoms with E-state index in [4.69, 9.17) is 16.3 Å². The molecule has 0 N–H and O–H groups in total. The maximum Gasteiger partial charge on any atom is 0.238 e. The number of rotatable bonds is 5. The van der Waals surface area contributed by atoms with E-state index < -0.39 is 0 Å². The minimum atomic E-state index is -0.262. The molecule has 1 saturated heterocycles. The number of nitrogens with zero attached hydrogens (tertiary/aromatic N) is 1. The summed E-state index contributed by atoms with van der Waals surface area (Å²) in [5.41, 5.74) is 2.76. The zero-order valence-electron chi connectivity index (χ0n) is 14.8. The zero-order chi connectivity index (χ0) is 19.5. The average Bonchev–Trinajstić information content (AvgIpc) is 3.10. The summed E-state index contributed by atoms with van der Waals surface area (Å²) in [4.78, 5) is 14.2. The molecule has 3 aromatic rings. The molecule has 0 spiro atoms. The zero-order valence-corrected chi connectivity index (χ0v) is 16.4. The Bertz CT molecular complexity index is 961. The van der Waals surface area contributed by atoms with Crippen LogP contribution >= 0.6 is 23.4 Å². The number of halogens is 2. The highest BCUT2D eigenvalue weighted by Crippen LogP contribution is 2.42. The van der Waals surface area contributed by atoms with Crippen LogP contribution in [-0.4, -0.2) is 11.7 Å². The molecule has 3 aromatic carbocycles. The van der Waals surface area contributed by atoms with Crippen LogP contribution in [0.15, 0.2) is 72.8 Å². The number of hydrogen-bond acceptors (Lipinski definition) is 3. The van der Waals surface area contributed by atoms with Crippen LogP contribution in [0.25, 0.3) is 0 Å². The van der Waals surface area contributed by atoms with E-state index in [1.54, 1.807) is 40.9 Å². The maximum absolute atomic E-state index is 13.0. The lowest BCUT2D eigenvalue weighted by Crippen LogP contribution is -2.27. The monoisotopic (exact) mass is 413 g/mol. The van der Waals surface area contributed by atoms with Crippen molar-refractivity contribution in [2.24, 2.45) is 0 Å². The summed E-state index contributed by atoms with van der Waals surface area (Å²) in [6.07, 6.45) is 0. The molecule has 4 rings (SSSR count). The average molecular weight is 414 g/mol. The molecule has 1 aliphatic heterocycles. The van der Waals surface area contributed by atoms with Gasteiger partial charge in [-0.3, -0.25) is 9.69 Å². The van der Waals surface area contributed by atoms with Gasteiger partial charge < -0.3 is 4.74 Å². The second kappa shape index (κ2) is 8.25. The van der Waals surface area contributed by atoms with Crippen LogP contribution in [0.2, 0.25) is 5.02 Å². The lowest BCUT2D eigenvalue weighted by molar-refractivity contribution is -0.115. The molecule has 6 heteroatoms. The van der Waals surface area contributed by atoms with Crippen molar-refractivity contribution in [1.82, 2.24) is 0 Å². The van der Waals surface area contributed by atoms with Gasteiger partial charge >= 0.3 is 0 Å². The lowest BCUT2D eigenvalue weighted by Gasteiger charge is -2.24. The van der Waals surface area contributed by atoms with Gasteiger partial charge in [-0.2, -0.15) is 0 Å². The van der Waals surface area contributed by atoms with E-state index in [-0.39, 0.29) is 17.1 Å². The van der Waals surface area contributed by atoms with Crippen LogP contribution in [0.3, 0.4) is 0 Å². The Morgan fingerprint density at radius 2 is 1.68 bits per heavy atom. The molecule has 1 aliphatic rings. The largest absolute Gasteiger partial charge is 0.489 e. The molecule has 1 atom stereocenters. The molecular formula is C22H17ClFNO2S. The van der Waals surface area contributed by atoms with E-state index in [0.717, 1.165) is 22.6 Å². The van der Waals surface area contributed by atoms with E-state index in [2.05, 4.69) is 0 Å². The van der Waals surface area contributed by atoms with Gasteiger partial charge in [-0.25, -0.2) is 4.39 Å². The predicted octanol–water partition coefficient (Wildman–Crippen LogP) is 5.84. The van der Waals surface area contributed by atoms with E-state index in [1.807, 2.05) is 36.4 Å². The third-order valence-corrected chi connectivity index (χ3v) is 5.92. The van der Waals surface area contributed by atoms with E-state index in [0.29, 0.717) is 17.4 Å². The molecule has 0 radical (unpaired) electrons. The number of anilines is 1. The second-order valence-corrected chi connectivity index (χ2v) is 7.89. The maximum atomic E-state index is 13.0. The summed E-state index contributed by atoms with van der Waals surface area (Å²) in [5.74, 6) is 0.979. The Morgan fingerprint density at radius 1 is 1.00 bits per heavy atom. The van der Waals surface area contributed by atoms with Crippen molar-refractivity contribution in [3.63, 3.8) is 0 Å². The van der Waals surface area contributed by atoms with Crippen LogP contribution in [0.5, 0.6) is 5.75 Å². The molecule has 1 amide bonds. The Hall–Kier alpha value is -2.50. The van der Waals surface area contributed by atoms with E-state index in [9.17, 15) is 9.18 Å². The topological polar surface area (TPSA) is 29.5 Å². The molecule has 28 heavy (non-hydrogen) atoms. The number of hydrogen-bond donors (Lipinski definition) is 0. The van der Waals surface area contributed by atoms with E-state index >= 15 is 0 Å². The van der Waals surface area contributed by atoms with Crippen molar-refractivity contribution in [2.75, 3.05) is 10.7 Å². The van der Waals surface area contributed by atoms with Crippen LogP contribution in [-0.2, 0) is 11.4 Å². The molecule has 1 fully saturated rings. The molecule has 0 aromatic heterocycles. The second-order valence-electron chi connectivity index (χ2n) is 6.39. The van der Waals surface area contributed by atoms with Crippen LogP contribution in [0.4, 0.5) is 10.1 Å². The summed E-state index contributed by atoms with van der Waals surface area (Å²) in [7, 11) is 0. The fourth-order valence-corrected chi connectivity index (χ4v) is 4.33. The minimum Gasteiger partial charge on any atom is -0.489 e. The summed E-state index contributed by atoms with van der Waals surface area (Å²) < 4.78 is 18.7. The number of ether oxygens (including phenoxy) is 1. The van der Waals surface area contributed by atoms with Crippen molar-refractivity contribution < 1.29 is 13.9 Å². The number of carbonyl (C=O) groups excluding carboxylic acids is 1. The van der Waals surface area contributed by atoms with Gasteiger partial charge in [0.25, 0.3) is 0 Å². The van der Waals surface area contributed by atoms with Gasteiger partial charge in [0.1, 0.15) is 23.5 Å². The summed E-state index contributed by atoms with van der Waals surface area (Å²) in [6, 6.07) is 21.3. The third-order valence-electron chi connectivity index (χ3n) is 4.46. The number of benzene rings is 3. The first-order valence-corrected chi connectivity index (χ1v) is 10.2. The lowest BCUT2D eigenvalue weighted by atomic mass is 10.1. The summed E-state index contributed by atoms with van der Waals surface area (Å²) in [5, 5.41) is 0.557. The van der Waals surface area contributed by atoms with Gasteiger partial charge in [-0.05, 0) is 59.7 Å². The van der Waals surface area contributed by atoms with Gasteiger partial charge in [0.05, 0.1) is 5.75 Å². The van der Waals surface area contributed by atoms with Gasteiger partial charge in [-0.1, -0.05) is 35.9 Å². The van der Waals surface area contributed by atoms with Crippen molar-refractivity contribution in [3.8, 4) is 5.75 Å². The first-order chi connectivity index (χ1) is 13.6. The molecule has 142 valence electrons. The van der Waals surface area contributed by atoms with E-state index in [1.165, 1.54) is 12.1 Å². The molecule has 0 bridgehead atoms. The smallest absolute Gasteiger partial charge is 0.238 e.